The Morgan fingerprint density at radius 2 is 1.87 bits per heavy atom. The van der Waals surface area contributed by atoms with Crippen molar-refractivity contribution in [2.75, 3.05) is 36.0 Å². The molecule has 2 aliphatic heterocycles. The van der Waals surface area contributed by atoms with E-state index in [1.165, 1.54) is 9.80 Å². The van der Waals surface area contributed by atoms with Gasteiger partial charge in [0.1, 0.15) is 6.54 Å². The lowest BCUT2D eigenvalue weighted by atomic mass is 10.1. The van der Waals surface area contributed by atoms with Crippen LogP contribution in [-0.2, 0) is 14.4 Å². The Bertz CT molecular complexity index is 625. The quantitative estimate of drug-likeness (QED) is 0.789. The number of fused-ring (bicyclic) bond motifs is 1. The molecule has 2 aliphatic rings. The summed E-state index contributed by atoms with van der Waals surface area (Å²) in [5, 5.41) is 0. The fourth-order valence-corrected chi connectivity index (χ4v) is 3.26. The standard InChI is InChI=1S/C17H21N3O3/c1-13-10-19(12-21)14-6-2-3-7-15(14)20(17(13)23)11-16(22)18-8-4-5-9-18/h2-3,6-7,12-13H,4-5,8-11H2,1H3. The highest BCUT2D eigenvalue weighted by atomic mass is 16.2. The number of carbonyl (C=O) groups excluding carboxylic acids is 3. The van der Waals surface area contributed by atoms with Gasteiger partial charge in [0, 0.05) is 19.6 Å². The first-order chi connectivity index (χ1) is 11.1. The number of rotatable bonds is 3. The molecule has 0 aromatic heterocycles. The zero-order valence-electron chi connectivity index (χ0n) is 13.3. The molecule has 6 heteroatoms. The molecule has 3 amide bonds. The molecule has 0 spiro atoms. The molecule has 23 heavy (non-hydrogen) atoms. The molecule has 3 rings (SSSR count). The number of nitrogens with zero attached hydrogens (tertiary/aromatic N) is 3. The monoisotopic (exact) mass is 315 g/mol. The van der Waals surface area contributed by atoms with Crippen molar-refractivity contribution in [3.63, 3.8) is 0 Å². The smallest absolute Gasteiger partial charge is 0.242 e. The number of carbonyl (C=O) groups is 3. The van der Waals surface area contributed by atoms with Crippen LogP contribution in [-0.4, -0.2) is 49.3 Å². The Hall–Kier alpha value is -2.37. The van der Waals surface area contributed by atoms with E-state index in [0.29, 0.717) is 17.9 Å². The van der Waals surface area contributed by atoms with Gasteiger partial charge in [-0.1, -0.05) is 19.1 Å². The Balaban J connectivity index is 1.93. The molecule has 1 fully saturated rings. The van der Waals surface area contributed by atoms with E-state index in [1.54, 1.807) is 13.0 Å². The molecular formula is C17H21N3O3. The minimum Gasteiger partial charge on any atom is -0.341 e. The summed E-state index contributed by atoms with van der Waals surface area (Å²) in [4.78, 5) is 41.5. The number of hydrogen-bond acceptors (Lipinski definition) is 3. The van der Waals surface area contributed by atoms with Crippen LogP contribution in [0.4, 0.5) is 11.4 Å². The van der Waals surface area contributed by atoms with Crippen molar-refractivity contribution in [1.29, 1.82) is 0 Å². The van der Waals surface area contributed by atoms with Gasteiger partial charge in [-0.05, 0) is 25.0 Å². The van der Waals surface area contributed by atoms with Crippen molar-refractivity contribution in [2.24, 2.45) is 5.92 Å². The van der Waals surface area contributed by atoms with Crippen LogP contribution in [0.5, 0.6) is 0 Å². The minimum atomic E-state index is -0.348. The molecule has 0 aliphatic carbocycles. The molecule has 1 unspecified atom stereocenters. The maximum atomic E-state index is 12.7. The van der Waals surface area contributed by atoms with Crippen LogP contribution in [0.3, 0.4) is 0 Å². The van der Waals surface area contributed by atoms with E-state index < -0.39 is 0 Å². The second-order valence-electron chi connectivity index (χ2n) is 6.16. The molecule has 0 bridgehead atoms. The average Bonchev–Trinajstić information content (AvgIpc) is 3.08. The first-order valence-corrected chi connectivity index (χ1v) is 8.02. The molecule has 2 heterocycles. The van der Waals surface area contributed by atoms with Crippen LogP contribution >= 0.6 is 0 Å². The molecule has 1 aromatic carbocycles. The summed E-state index contributed by atoms with van der Waals surface area (Å²) in [7, 11) is 0. The number of amides is 3. The van der Waals surface area contributed by atoms with Crippen molar-refractivity contribution in [3.8, 4) is 0 Å². The van der Waals surface area contributed by atoms with E-state index in [9.17, 15) is 14.4 Å². The van der Waals surface area contributed by atoms with Crippen molar-refractivity contribution in [1.82, 2.24) is 4.90 Å². The summed E-state index contributed by atoms with van der Waals surface area (Å²) >= 11 is 0. The van der Waals surface area contributed by atoms with Crippen LogP contribution in [0.2, 0.25) is 0 Å². The topological polar surface area (TPSA) is 60.9 Å². The normalized spacial score (nSPS) is 21.2. The average molecular weight is 315 g/mol. The van der Waals surface area contributed by atoms with Gasteiger partial charge >= 0.3 is 0 Å². The molecular weight excluding hydrogens is 294 g/mol. The lowest BCUT2D eigenvalue weighted by molar-refractivity contribution is -0.131. The molecule has 0 N–H and O–H groups in total. The van der Waals surface area contributed by atoms with E-state index in [4.69, 9.17) is 0 Å². The largest absolute Gasteiger partial charge is 0.341 e. The fraction of sp³-hybridized carbons (Fsp3) is 0.471. The highest BCUT2D eigenvalue weighted by Gasteiger charge is 2.33. The van der Waals surface area contributed by atoms with Crippen LogP contribution in [0.1, 0.15) is 19.8 Å². The van der Waals surface area contributed by atoms with Crippen molar-refractivity contribution in [3.05, 3.63) is 24.3 Å². The van der Waals surface area contributed by atoms with Gasteiger partial charge < -0.3 is 14.7 Å². The van der Waals surface area contributed by atoms with Crippen LogP contribution < -0.4 is 9.80 Å². The number of benzene rings is 1. The second-order valence-corrected chi connectivity index (χ2v) is 6.16. The van der Waals surface area contributed by atoms with Crippen LogP contribution in [0.25, 0.3) is 0 Å². The third-order valence-electron chi connectivity index (χ3n) is 4.52. The number of para-hydroxylation sites is 2. The predicted molar refractivity (Wildman–Crippen MR) is 87.2 cm³/mol. The molecule has 122 valence electrons. The second kappa shape index (κ2) is 6.40. The van der Waals surface area contributed by atoms with Gasteiger partial charge in [0.15, 0.2) is 0 Å². The summed E-state index contributed by atoms with van der Waals surface area (Å²) in [6.07, 6.45) is 2.78. The van der Waals surface area contributed by atoms with Gasteiger partial charge in [-0.2, -0.15) is 0 Å². The number of likely N-dealkylation sites (tertiary alicyclic amines) is 1. The fourth-order valence-electron chi connectivity index (χ4n) is 3.26. The highest BCUT2D eigenvalue weighted by Crippen LogP contribution is 2.33. The zero-order chi connectivity index (χ0) is 16.4. The van der Waals surface area contributed by atoms with E-state index in [2.05, 4.69) is 0 Å². The summed E-state index contributed by atoms with van der Waals surface area (Å²) < 4.78 is 0. The molecule has 0 saturated carbocycles. The van der Waals surface area contributed by atoms with Gasteiger partial charge in [-0.25, -0.2) is 0 Å². The Labute approximate surface area is 135 Å². The Morgan fingerprint density at radius 3 is 2.52 bits per heavy atom. The maximum absolute atomic E-state index is 12.7. The first kappa shape index (κ1) is 15.5. The highest BCUT2D eigenvalue weighted by molar-refractivity contribution is 6.05. The lowest BCUT2D eigenvalue weighted by Gasteiger charge is -2.26. The first-order valence-electron chi connectivity index (χ1n) is 8.02. The summed E-state index contributed by atoms with van der Waals surface area (Å²) in [5.41, 5.74) is 1.30. The molecule has 0 radical (unpaired) electrons. The predicted octanol–water partition coefficient (Wildman–Crippen LogP) is 1.25. The lowest BCUT2D eigenvalue weighted by Crippen LogP contribution is -2.44. The maximum Gasteiger partial charge on any atom is 0.242 e. The van der Waals surface area contributed by atoms with E-state index in [1.807, 2.05) is 23.1 Å². The number of anilines is 2. The minimum absolute atomic E-state index is 0.0302. The molecule has 1 aromatic rings. The van der Waals surface area contributed by atoms with Gasteiger partial charge in [0.25, 0.3) is 0 Å². The van der Waals surface area contributed by atoms with Gasteiger partial charge in [0.05, 0.1) is 17.3 Å². The van der Waals surface area contributed by atoms with E-state index >= 15 is 0 Å². The zero-order valence-corrected chi connectivity index (χ0v) is 13.3. The third kappa shape index (κ3) is 2.93. The molecule has 1 atom stereocenters. The van der Waals surface area contributed by atoms with Crippen molar-refractivity contribution < 1.29 is 14.4 Å². The van der Waals surface area contributed by atoms with Crippen molar-refractivity contribution >= 4 is 29.6 Å². The summed E-state index contributed by atoms with van der Waals surface area (Å²) in [5.74, 6) is -0.495. The third-order valence-corrected chi connectivity index (χ3v) is 4.52. The molecule has 6 nitrogen and oxygen atoms in total. The summed E-state index contributed by atoms with van der Waals surface area (Å²) in [6.45, 7) is 3.68. The van der Waals surface area contributed by atoms with E-state index in [-0.39, 0.29) is 24.3 Å². The van der Waals surface area contributed by atoms with Crippen LogP contribution in [0.15, 0.2) is 24.3 Å². The van der Waals surface area contributed by atoms with Gasteiger partial charge in [0.2, 0.25) is 18.2 Å². The van der Waals surface area contributed by atoms with E-state index in [0.717, 1.165) is 32.3 Å². The summed E-state index contributed by atoms with van der Waals surface area (Å²) in [6, 6.07) is 7.25. The molecule has 1 saturated heterocycles. The SMILES string of the molecule is CC1CN(C=O)c2ccccc2N(CC(=O)N2CCCC2)C1=O. The van der Waals surface area contributed by atoms with Crippen LogP contribution in [0, 0.1) is 5.92 Å². The van der Waals surface area contributed by atoms with Gasteiger partial charge in [-0.15, -0.1) is 0 Å². The van der Waals surface area contributed by atoms with Crippen molar-refractivity contribution in [2.45, 2.75) is 19.8 Å². The van der Waals surface area contributed by atoms with Gasteiger partial charge in [-0.3, -0.25) is 14.4 Å². The Morgan fingerprint density at radius 1 is 1.22 bits per heavy atom. The number of hydrogen-bond donors (Lipinski definition) is 0. The Kier molecular flexibility index (Phi) is 4.32.